The zero-order valence-corrected chi connectivity index (χ0v) is 11.6. The van der Waals surface area contributed by atoms with Crippen LogP contribution in [0.4, 0.5) is 0 Å². The SMILES string of the molecule is CC(C)c1ccccc1Oc1ccc(C(C)N)nc1. The summed E-state index contributed by atoms with van der Waals surface area (Å²) in [6.07, 6.45) is 1.72. The van der Waals surface area contributed by atoms with Crippen LogP contribution in [-0.4, -0.2) is 4.98 Å². The van der Waals surface area contributed by atoms with Crippen LogP contribution >= 0.6 is 0 Å². The van der Waals surface area contributed by atoms with Crippen LogP contribution in [0.1, 0.15) is 44.0 Å². The van der Waals surface area contributed by atoms with Crippen LogP contribution in [0.2, 0.25) is 0 Å². The second kappa shape index (κ2) is 5.85. The monoisotopic (exact) mass is 256 g/mol. The molecule has 0 aliphatic rings. The van der Waals surface area contributed by atoms with E-state index in [0.29, 0.717) is 5.92 Å². The van der Waals surface area contributed by atoms with Crippen molar-refractivity contribution in [2.75, 3.05) is 0 Å². The number of hydrogen-bond donors (Lipinski definition) is 1. The van der Waals surface area contributed by atoms with Crippen LogP contribution in [0.25, 0.3) is 0 Å². The van der Waals surface area contributed by atoms with E-state index in [-0.39, 0.29) is 6.04 Å². The maximum Gasteiger partial charge on any atom is 0.145 e. The van der Waals surface area contributed by atoms with Gasteiger partial charge in [-0.05, 0) is 36.6 Å². The highest BCUT2D eigenvalue weighted by Crippen LogP contribution is 2.30. The van der Waals surface area contributed by atoms with Crippen molar-refractivity contribution in [2.45, 2.75) is 32.7 Å². The van der Waals surface area contributed by atoms with Gasteiger partial charge in [0.1, 0.15) is 11.5 Å². The molecule has 1 aromatic heterocycles. The average Bonchev–Trinajstić information content (AvgIpc) is 2.39. The lowest BCUT2D eigenvalue weighted by Crippen LogP contribution is -2.06. The Hall–Kier alpha value is -1.87. The van der Waals surface area contributed by atoms with Gasteiger partial charge in [0.25, 0.3) is 0 Å². The van der Waals surface area contributed by atoms with E-state index in [0.717, 1.165) is 17.2 Å². The first-order chi connectivity index (χ1) is 9.08. The smallest absolute Gasteiger partial charge is 0.145 e. The van der Waals surface area contributed by atoms with Crippen molar-refractivity contribution in [1.82, 2.24) is 4.98 Å². The first-order valence-electron chi connectivity index (χ1n) is 6.56. The van der Waals surface area contributed by atoms with Gasteiger partial charge in [-0.2, -0.15) is 0 Å². The van der Waals surface area contributed by atoms with E-state index in [1.165, 1.54) is 5.56 Å². The Bertz CT molecular complexity index is 533. The van der Waals surface area contributed by atoms with Gasteiger partial charge < -0.3 is 10.5 Å². The summed E-state index contributed by atoms with van der Waals surface area (Å²) in [4.78, 5) is 4.30. The largest absolute Gasteiger partial charge is 0.455 e. The Morgan fingerprint density at radius 1 is 1.05 bits per heavy atom. The van der Waals surface area contributed by atoms with Gasteiger partial charge in [0.2, 0.25) is 0 Å². The van der Waals surface area contributed by atoms with Crippen molar-refractivity contribution < 1.29 is 4.74 Å². The van der Waals surface area contributed by atoms with E-state index in [2.05, 4.69) is 24.9 Å². The second-order valence-corrected chi connectivity index (χ2v) is 5.00. The van der Waals surface area contributed by atoms with E-state index in [4.69, 9.17) is 10.5 Å². The van der Waals surface area contributed by atoms with Crippen LogP contribution in [0.3, 0.4) is 0 Å². The Labute approximate surface area is 114 Å². The quantitative estimate of drug-likeness (QED) is 0.898. The predicted molar refractivity (Wildman–Crippen MR) is 77.4 cm³/mol. The predicted octanol–water partition coefficient (Wildman–Crippen LogP) is 4.02. The van der Waals surface area contributed by atoms with E-state index in [9.17, 15) is 0 Å². The average molecular weight is 256 g/mol. The standard InChI is InChI=1S/C16H20N2O/c1-11(2)14-6-4-5-7-16(14)19-13-8-9-15(12(3)17)18-10-13/h4-12H,17H2,1-3H3. The zero-order chi connectivity index (χ0) is 13.8. The lowest BCUT2D eigenvalue weighted by Gasteiger charge is -2.13. The zero-order valence-electron chi connectivity index (χ0n) is 11.6. The molecular weight excluding hydrogens is 236 g/mol. The summed E-state index contributed by atoms with van der Waals surface area (Å²) in [6, 6.07) is 11.8. The van der Waals surface area contributed by atoms with Crippen molar-refractivity contribution in [1.29, 1.82) is 0 Å². The number of aromatic nitrogens is 1. The van der Waals surface area contributed by atoms with Gasteiger partial charge in [0.15, 0.2) is 0 Å². The molecule has 0 fully saturated rings. The summed E-state index contributed by atoms with van der Waals surface area (Å²) in [5, 5.41) is 0. The molecular formula is C16H20N2O. The van der Waals surface area contributed by atoms with Gasteiger partial charge in [0.05, 0.1) is 11.9 Å². The Morgan fingerprint density at radius 3 is 2.37 bits per heavy atom. The highest BCUT2D eigenvalue weighted by Gasteiger charge is 2.08. The molecule has 1 atom stereocenters. The Morgan fingerprint density at radius 2 is 1.79 bits per heavy atom. The van der Waals surface area contributed by atoms with Crippen molar-refractivity contribution in [3.8, 4) is 11.5 Å². The third-order valence-electron chi connectivity index (χ3n) is 2.99. The van der Waals surface area contributed by atoms with Crippen LogP contribution in [0, 0.1) is 0 Å². The van der Waals surface area contributed by atoms with Crippen LogP contribution in [-0.2, 0) is 0 Å². The number of hydrogen-bond acceptors (Lipinski definition) is 3. The molecule has 1 unspecified atom stereocenters. The molecule has 0 spiro atoms. The van der Waals surface area contributed by atoms with Gasteiger partial charge in [-0.3, -0.25) is 4.98 Å². The number of benzene rings is 1. The van der Waals surface area contributed by atoms with E-state index >= 15 is 0 Å². The van der Waals surface area contributed by atoms with Crippen molar-refractivity contribution in [2.24, 2.45) is 5.73 Å². The highest BCUT2D eigenvalue weighted by molar-refractivity contribution is 5.39. The maximum atomic E-state index is 5.90. The van der Waals surface area contributed by atoms with Crippen molar-refractivity contribution >= 4 is 0 Å². The molecule has 2 aromatic rings. The number of rotatable bonds is 4. The molecule has 100 valence electrons. The fourth-order valence-corrected chi connectivity index (χ4v) is 1.90. The summed E-state index contributed by atoms with van der Waals surface area (Å²) < 4.78 is 5.90. The second-order valence-electron chi connectivity index (χ2n) is 5.00. The molecule has 0 radical (unpaired) electrons. The molecule has 0 saturated carbocycles. The normalized spacial score (nSPS) is 12.5. The lowest BCUT2D eigenvalue weighted by atomic mass is 10.0. The lowest BCUT2D eigenvalue weighted by molar-refractivity contribution is 0.470. The maximum absolute atomic E-state index is 5.90. The molecule has 3 nitrogen and oxygen atoms in total. The molecule has 1 heterocycles. The minimum atomic E-state index is -0.0583. The number of para-hydroxylation sites is 1. The highest BCUT2D eigenvalue weighted by atomic mass is 16.5. The molecule has 2 N–H and O–H groups in total. The summed E-state index contributed by atoms with van der Waals surface area (Å²) in [6.45, 7) is 6.22. The van der Waals surface area contributed by atoms with Crippen LogP contribution in [0.15, 0.2) is 42.6 Å². The van der Waals surface area contributed by atoms with Crippen molar-refractivity contribution in [3.05, 3.63) is 53.9 Å². The molecule has 2 rings (SSSR count). The number of nitrogens with two attached hydrogens (primary N) is 1. The minimum Gasteiger partial charge on any atom is -0.455 e. The summed E-state index contributed by atoms with van der Waals surface area (Å²) in [5.74, 6) is 2.04. The number of nitrogens with zero attached hydrogens (tertiary/aromatic N) is 1. The molecule has 1 aromatic carbocycles. The molecule has 0 saturated heterocycles. The molecule has 19 heavy (non-hydrogen) atoms. The van der Waals surface area contributed by atoms with Gasteiger partial charge in [-0.25, -0.2) is 0 Å². The third-order valence-corrected chi connectivity index (χ3v) is 2.99. The van der Waals surface area contributed by atoms with Crippen molar-refractivity contribution in [3.63, 3.8) is 0 Å². The van der Waals surface area contributed by atoms with E-state index < -0.39 is 0 Å². The molecule has 0 amide bonds. The van der Waals surface area contributed by atoms with Crippen LogP contribution < -0.4 is 10.5 Å². The summed E-state index contributed by atoms with van der Waals surface area (Å²) in [7, 11) is 0. The molecule has 0 aliphatic heterocycles. The van der Waals surface area contributed by atoms with Gasteiger partial charge >= 0.3 is 0 Å². The fourth-order valence-electron chi connectivity index (χ4n) is 1.90. The fraction of sp³-hybridized carbons (Fsp3) is 0.312. The van der Waals surface area contributed by atoms with Gasteiger partial charge in [0, 0.05) is 6.04 Å². The topological polar surface area (TPSA) is 48.1 Å². The third kappa shape index (κ3) is 3.32. The molecule has 0 bridgehead atoms. The number of pyridine rings is 1. The van der Waals surface area contributed by atoms with E-state index in [1.54, 1.807) is 6.20 Å². The summed E-state index contributed by atoms with van der Waals surface area (Å²) in [5.41, 5.74) is 7.84. The van der Waals surface area contributed by atoms with Crippen LogP contribution in [0.5, 0.6) is 11.5 Å². The van der Waals surface area contributed by atoms with Gasteiger partial charge in [-0.15, -0.1) is 0 Å². The Balaban J connectivity index is 2.21. The minimum absolute atomic E-state index is 0.0583. The number of ether oxygens (including phenoxy) is 1. The molecule has 3 heteroatoms. The molecule has 0 aliphatic carbocycles. The Kier molecular flexibility index (Phi) is 4.17. The summed E-state index contributed by atoms with van der Waals surface area (Å²) >= 11 is 0. The van der Waals surface area contributed by atoms with E-state index in [1.807, 2.05) is 37.3 Å². The van der Waals surface area contributed by atoms with Gasteiger partial charge in [-0.1, -0.05) is 32.0 Å². The first kappa shape index (κ1) is 13.6. The first-order valence-corrected chi connectivity index (χ1v) is 6.56.